The van der Waals surface area contributed by atoms with Crippen molar-refractivity contribution in [1.82, 2.24) is 14.3 Å². The Balaban J connectivity index is 1.41. The Morgan fingerprint density at radius 2 is 1.75 bits per heavy atom. The van der Waals surface area contributed by atoms with Crippen LogP contribution in [0, 0.1) is 0 Å². The summed E-state index contributed by atoms with van der Waals surface area (Å²) in [6.07, 6.45) is 3.02. The van der Waals surface area contributed by atoms with Gasteiger partial charge < -0.3 is 4.98 Å². The zero-order valence-corrected chi connectivity index (χ0v) is 16.2. The van der Waals surface area contributed by atoms with Crippen LogP contribution in [0.2, 0.25) is 0 Å². The molecule has 0 spiro atoms. The predicted octanol–water partition coefficient (Wildman–Crippen LogP) is 2.92. The maximum absolute atomic E-state index is 12.7. The predicted molar refractivity (Wildman–Crippen MR) is 107 cm³/mol. The lowest BCUT2D eigenvalue weighted by atomic mass is 10.1. The molecule has 2 N–H and O–H groups in total. The van der Waals surface area contributed by atoms with Gasteiger partial charge in [-0.1, -0.05) is 30.7 Å². The van der Waals surface area contributed by atoms with Crippen molar-refractivity contribution < 1.29 is 13.2 Å². The summed E-state index contributed by atoms with van der Waals surface area (Å²) in [6.45, 7) is 1.15. The van der Waals surface area contributed by atoms with Gasteiger partial charge in [0.2, 0.25) is 21.9 Å². The van der Waals surface area contributed by atoms with Crippen molar-refractivity contribution in [2.45, 2.75) is 30.6 Å². The van der Waals surface area contributed by atoms with Crippen molar-refractivity contribution in [3.63, 3.8) is 0 Å². The van der Waals surface area contributed by atoms with Gasteiger partial charge in [-0.05, 0) is 42.7 Å². The summed E-state index contributed by atoms with van der Waals surface area (Å²) in [5.41, 5.74) is 2.38. The number of sulfonamides is 1. The molecule has 0 atom stereocenters. The summed E-state index contributed by atoms with van der Waals surface area (Å²) in [5.74, 6) is 0.182. The molecule has 1 aliphatic heterocycles. The first kappa shape index (κ1) is 18.6. The van der Waals surface area contributed by atoms with E-state index in [0.29, 0.717) is 19.0 Å². The molecule has 28 heavy (non-hydrogen) atoms. The molecule has 1 amide bonds. The third-order valence-electron chi connectivity index (χ3n) is 4.89. The molecule has 1 aromatic heterocycles. The van der Waals surface area contributed by atoms with Gasteiger partial charge in [0, 0.05) is 13.1 Å². The van der Waals surface area contributed by atoms with Gasteiger partial charge in [0.15, 0.2) is 0 Å². The maximum Gasteiger partial charge on any atom is 0.243 e. The topological polar surface area (TPSA) is 95.2 Å². The monoisotopic (exact) mass is 398 g/mol. The van der Waals surface area contributed by atoms with Crippen molar-refractivity contribution in [3.05, 3.63) is 54.1 Å². The molecule has 4 rings (SSSR count). The Bertz CT molecular complexity index is 1050. The number of aromatic amines is 1. The molecule has 1 saturated heterocycles. The molecule has 1 aliphatic rings. The Kier molecular flexibility index (Phi) is 5.15. The van der Waals surface area contributed by atoms with Crippen LogP contribution >= 0.6 is 0 Å². The first-order valence-electron chi connectivity index (χ1n) is 9.36. The van der Waals surface area contributed by atoms with E-state index in [1.54, 1.807) is 28.6 Å². The van der Waals surface area contributed by atoms with E-state index in [0.717, 1.165) is 35.9 Å². The fourth-order valence-corrected chi connectivity index (χ4v) is 4.92. The van der Waals surface area contributed by atoms with E-state index < -0.39 is 10.0 Å². The van der Waals surface area contributed by atoms with Crippen LogP contribution in [0.5, 0.6) is 0 Å². The standard InChI is InChI=1S/C20H22N4O3S/c25-19(23-20-21-17-6-2-3-7-18(17)22-20)14-15-8-10-16(11-9-15)28(26,27)24-12-4-1-5-13-24/h2-3,6-11H,1,4-5,12-14H2,(H2,21,22,23,25). The number of amides is 1. The number of anilines is 1. The fraction of sp³-hybridized carbons (Fsp3) is 0.300. The van der Waals surface area contributed by atoms with E-state index in [1.807, 2.05) is 24.3 Å². The van der Waals surface area contributed by atoms with Crippen LogP contribution in [0.15, 0.2) is 53.4 Å². The molecule has 8 heteroatoms. The number of hydrogen-bond acceptors (Lipinski definition) is 4. The van der Waals surface area contributed by atoms with E-state index in [-0.39, 0.29) is 17.2 Å². The SMILES string of the molecule is O=C(Cc1ccc(S(=O)(=O)N2CCCCC2)cc1)Nc1nc2ccccc2[nH]1. The summed E-state index contributed by atoms with van der Waals surface area (Å²) in [5, 5.41) is 2.74. The van der Waals surface area contributed by atoms with Crippen molar-refractivity contribution in [3.8, 4) is 0 Å². The van der Waals surface area contributed by atoms with E-state index in [4.69, 9.17) is 0 Å². The van der Waals surface area contributed by atoms with Gasteiger partial charge in [0.05, 0.1) is 22.3 Å². The Morgan fingerprint density at radius 3 is 2.46 bits per heavy atom. The minimum atomic E-state index is -3.45. The van der Waals surface area contributed by atoms with E-state index in [2.05, 4.69) is 15.3 Å². The van der Waals surface area contributed by atoms with Crippen LogP contribution in [-0.4, -0.2) is 41.7 Å². The summed E-state index contributed by atoms with van der Waals surface area (Å²) in [4.78, 5) is 19.9. The van der Waals surface area contributed by atoms with Crippen LogP contribution in [0.3, 0.4) is 0 Å². The van der Waals surface area contributed by atoms with Crippen LogP contribution in [0.4, 0.5) is 5.95 Å². The highest BCUT2D eigenvalue weighted by Gasteiger charge is 2.25. The molecule has 2 aromatic carbocycles. The number of carbonyl (C=O) groups excluding carboxylic acids is 1. The number of aromatic nitrogens is 2. The van der Waals surface area contributed by atoms with Gasteiger partial charge in [0.1, 0.15) is 0 Å². The van der Waals surface area contributed by atoms with Crippen molar-refractivity contribution in [2.24, 2.45) is 0 Å². The molecule has 146 valence electrons. The second-order valence-corrected chi connectivity index (χ2v) is 8.87. The molecule has 2 heterocycles. The molecule has 0 radical (unpaired) electrons. The molecule has 0 unspecified atom stereocenters. The number of benzene rings is 2. The van der Waals surface area contributed by atoms with Crippen LogP contribution in [-0.2, 0) is 21.2 Å². The second-order valence-electron chi connectivity index (χ2n) is 6.94. The van der Waals surface area contributed by atoms with Crippen LogP contribution in [0.25, 0.3) is 11.0 Å². The minimum Gasteiger partial charge on any atom is -0.324 e. The number of imidazole rings is 1. The van der Waals surface area contributed by atoms with Crippen molar-refractivity contribution >= 4 is 32.9 Å². The number of piperidine rings is 1. The second kappa shape index (κ2) is 7.73. The third-order valence-corrected chi connectivity index (χ3v) is 6.80. The Labute approximate surface area is 163 Å². The first-order chi connectivity index (χ1) is 13.5. The molecular weight excluding hydrogens is 376 g/mol. The maximum atomic E-state index is 12.7. The first-order valence-corrected chi connectivity index (χ1v) is 10.8. The molecule has 7 nitrogen and oxygen atoms in total. The van der Waals surface area contributed by atoms with Gasteiger partial charge >= 0.3 is 0 Å². The lowest BCUT2D eigenvalue weighted by molar-refractivity contribution is -0.115. The quantitative estimate of drug-likeness (QED) is 0.691. The molecular formula is C20H22N4O3S. The largest absolute Gasteiger partial charge is 0.324 e. The number of carbonyl (C=O) groups is 1. The molecule has 0 saturated carbocycles. The Hall–Kier alpha value is -2.71. The highest BCUT2D eigenvalue weighted by Crippen LogP contribution is 2.21. The molecule has 1 fully saturated rings. The van der Waals surface area contributed by atoms with Gasteiger partial charge in [-0.25, -0.2) is 13.4 Å². The lowest BCUT2D eigenvalue weighted by Crippen LogP contribution is -2.35. The lowest BCUT2D eigenvalue weighted by Gasteiger charge is -2.25. The zero-order valence-electron chi connectivity index (χ0n) is 15.4. The van der Waals surface area contributed by atoms with Gasteiger partial charge in [0.25, 0.3) is 0 Å². The number of fused-ring (bicyclic) bond motifs is 1. The highest BCUT2D eigenvalue weighted by atomic mass is 32.2. The molecule has 0 bridgehead atoms. The smallest absolute Gasteiger partial charge is 0.243 e. The van der Waals surface area contributed by atoms with Gasteiger partial charge in [-0.2, -0.15) is 4.31 Å². The summed E-state index contributed by atoms with van der Waals surface area (Å²) in [6, 6.07) is 14.1. The summed E-state index contributed by atoms with van der Waals surface area (Å²) in [7, 11) is -3.45. The zero-order chi connectivity index (χ0) is 19.6. The van der Waals surface area contributed by atoms with E-state index in [1.165, 1.54) is 0 Å². The summed E-state index contributed by atoms with van der Waals surface area (Å²) < 4.78 is 26.9. The molecule has 3 aromatic rings. The highest BCUT2D eigenvalue weighted by molar-refractivity contribution is 7.89. The number of rotatable bonds is 5. The van der Waals surface area contributed by atoms with Crippen molar-refractivity contribution in [2.75, 3.05) is 18.4 Å². The summed E-state index contributed by atoms with van der Waals surface area (Å²) >= 11 is 0. The number of para-hydroxylation sites is 2. The van der Waals surface area contributed by atoms with E-state index >= 15 is 0 Å². The van der Waals surface area contributed by atoms with Crippen LogP contribution in [0.1, 0.15) is 24.8 Å². The number of H-pyrrole nitrogens is 1. The van der Waals surface area contributed by atoms with Gasteiger partial charge in [-0.15, -0.1) is 0 Å². The Morgan fingerprint density at radius 1 is 1.04 bits per heavy atom. The third kappa shape index (κ3) is 3.93. The average Bonchev–Trinajstić information content (AvgIpc) is 3.11. The van der Waals surface area contributed by atoms with E-state index in [9.17, 15) is 13.2 Å². The average molecular weight is 398 g/mol. The number of nitrogens with zero attached hydrogens (tertiary/aromatic N) is 2. The minimum absolute atomic E-state index is 0.140. The number of nitrogens with one attached hydrogen (secondary N) is 2. The molecule has 0 aliphatic carbocycles. The van der Waals surface area contributed by atoms with Crippen molar-refractivity contribution in [1.29, 1.82) is 0 Å². The van der Waals surface area contributed by atoms with Crippen LogP contribution < -0.4 is 5.32 Å². The number of hydrogen-bond donors (Lipinski definition) is 2. The normalized spacial score (nSPS) is 15.6. The fourth-order valence-electron chi connectivity index (χ4n) is 3.41. The van der Waals surface area contributed by atoms with Gasteiger partial charge in [-0.3, -0.25) is 10.1 Å².